The van der Waals surface area contributed by atoms with Gasteiger partial charge < -0.3 is 4.74 Å². The van der Waals surface area contributed by atoms with Crippen LogP contribution in [0, 0.1) is 9.39 Å². The summed E-state index contributed by atoms with van der Waals surface area (Å²) in [6, 6.07) is 11.3. The van der Waals surface area contributed by atoms with Crippen LogP contribution in [0.3, 0.4) is 0 Å². The highest BCUT2D eigenvalue weighted by Crippen LogP contribution is 2.23. The monoisotopic (exact) mass is 481 g/mol. The second-order valence-electron chi connectivity index (χ2n) is 4.84. The maximum Gasteiger partial charge on any atom is 0.240 e. The van der Waals surface area contributed by atoms with Crippen LogP contribution >= 0.6 is 34.4 Å². The van der Waals surface area contributed by atoms with E-state index in [0.717, 1.165) is 3.57 Å². The van der Waals surface area contributed by atoms with Gasteiger partial charge in [-0.3, -0.25) is 0 Å². The van der Waals surface area contributed by atoms with Gasteiger partial charge in [-0.2, -0.15) is 11.8 Å². The summed E-state index contributed by atoms with van der Waals surface area (Å²) in [4.78, 5) is 0.201. The largest absolute Gasteiger partial charge is 0.496 e. The molecule has 2 rings (SSSR count). The molecule has 0 radical (unpaired) electrons. The van der Waals surface area contributed by atoms with E-state index in [4.69, 9.17) is 4.74 Å². The molecule has 0 bridgehead atoms. The van der Waals surface area contributed by atoms with E-state index in [2.05, 4.69) is 4.72 Å². The van der Waals surface area contributed by atoms with Gasteiger partial charge in [-0.05, 0) is 52.4 Å². The number of rotatable bonds is 8. The summed E-state index contributed by atoms with van der Waals surface area (Å²) < 4.78 is 46.4. The van der Waals surface area contributed by atoms with Crippen molar-refractivity contribution in [3.05, 3.63) is 57.4 Å². The smallest absolute Gasteiger partial charge is 0.240 e. The minimum atomic E-state index is -3.56. The molecule has 0 spiro atoms. The average molecular weight is 481 g/mol. The number of hydrogen-bond donors (Lipinski definition) is 1. The highest BCUT2D eigenvalue weighted by Gasteiger charge is 2.15. The quantitative estimate of drug-likeness (QED) is 0.462. The van der Waals surface area contributed by atoms with E-state index in [1.807, 2.05) is 22.6 Å². The third-order valence-corrected chi connectivity index (χ3v) is 6.50. The fourth-order valence-electron chi connectivity index (χ4n) is 1.94. The molecule has 0 aliphatic heterocycles. The Bertz CT molecular complexity index is 800. The topological polar surface area (TPSA) is 55.4 Å². The lowest BCUT2D eigenvalue weighted by Gasteiger charge is -2.09. The van der Waals surface area contributed by atoms with Gasteiger partial charge in [0.1, 0.15) is 11.6 Å². The van der Waals surface area contributed by atoms with Crippen LogP contribution in [0.2, 0.25) is 0 Å². The van der Waals surface area contributed by atoms with E-state index >= 15 is 0 Å². The average Bonchev–Trinajstić information content (AvgIpc) is 2.56. The van der Waals surface area contributed by atoms with Crippen LogP contribution < -0.4 is 9.46 Å². The van der Waals surface area contributed by atoms with Crippen molar-refractivity contribution in [1.29, 1.82) is 0 Å². The number of thioether (sulfide) groups is 1. The van der Waals surface area contributed by atoms with Crippen molar-refractivity contribution >= 4 is 44.4 Å². The van der Waals surface area contributed by atoms with Crippen LogP contribution in [0.1, 0.15) is 5.56 Å². The molecule has 8 heteroatoms. The second kappa shape index (κ2) is 9.02. The third kappa shape index (κ3) is 5.33. The fraction of sp³-hybridized carbons (Fsp3) is 0.250. The summed E-state index contributed by atoms with van der Waals surface area (Å²) in [5, 5.41) is 0. The number of nitrogens with one attached hydrogen (secondary N) is 1. The van der Waals surface area contributed by atoms with Gasteiger partial charge in [0.2, 0.25) is 10.0 Å². The lowest BCUT2D eigenvalue weighted by molar-refractivity contribution is 0.411. The zero-order valence-electron chi connectivity index (χ0n) is 13.0. The molecule has 0 saturated heterocycles. The molecule has 0 aliphatic carbocycles. The molecule has 4 nitrogen and oxygen atoms in total. The Morgan fingerprint density at radius 1 is 1.25 bits per heavy atom. The van der Waals surface area contributed by atoms with Gasteiger partial charge in [0, 0.05) is 18.1 Å². The summed E-state index contributed by atoms with van der Waals surface area (Å²) in [7, 11) is -2.02. The van der Waals surface area contributed by atoms with E-state index in [1.165, 1.54) is 31.0 Å². The van der Waals surface area contributed by atoms with Crippen LogP contribution in [0.25, 0.3) is 0 Å². The van der Waals surface area contributed by atoms with Gasteiger partial charge >= 0.3 is 0 Å². The molecule has 0 heterocycles. The van der Waals surface area contributed by atoms with Gasteiger partial charge in [-0.1, -0.05) is 18.2 Å². The number of benzene rings is 2. The number of methoxy groups -OCH3 is 1. The van der Waals surface area contributed by atoms with Crippen LogP contribution in [-0.4, -0.2) is 27.8 Å². The van der Waals surface area contributed by atoms with E-state index in [0.29, 0.717) is 22.8 Å². The van der Waals surface area contributed by atoms with E-state index in [1.54, 1.807) is 30.3 Å². The molecule has 1 N–H and O–H groups in total. The number of hydrogen-bond acceptors (Lipinski definition) is 4. The van der Waals surface area contributed by atoms with Gasteiger partial charge in [-0.25, -0.2) is 17.5 Å². The molecule has 0 aliphatic rings. The molecule has 0 saturated carbocycles. The van der Waals surface area contributed by atoms with E-state index < -0.39 is 10.0 Å². The molecule has 0 fully saturated rings. The Hall–Kier alpha value is -0.840. The van der Waals surface area contributed by atoms with Gasteiger partial charge in [0.15, 0.2) is 0 Å². The first-order valence-electron chi connectivity index (χ1n) is 7.08. The molecule has 0 unspecified atom stereocenters. The lowest BCUT2D eigenvalue weighted by Crippen LogP contribution is -2.26. The molecule has 0 atom stereocenters. The maximum atomic E-state index is 13.5. The number of halogens is 2. The Kier molecular flexibility index (Phi) is 7.33. The van der Waals surface area contributed by atoms with Gasteiger partial charge in [0.25, 0.3) is 0 Å². The highest BCUT2D eigenvalue weighted by molar-refractivity contribution is 14.1. The van der Waals surface area contributed by atoms with Crippen molar-refractivity contribution in [3.8, 4) is 5.75 Å². The molecule has 24 heavy (non-hydrogen) atoms. The normalized spacial score (nSPS) is 11.5. The highest BCUT2D eigenvalue weighted by atomic mass is 127. The zero-order chi connectivity index (χ0) is 17.6. The van der Waals surface area contributed by atoms with Gasteiger partial charge in [-0.15, -0.1) is 0 Å². The molecule has 130 valence electrons. The molecular weight excluding hydrogens is 464 g/mol. The Balaban J connectivity index is 1.85. The van der Waals surface area contributed by atoms with Crippen molar-refractivity contribution in [2.45, 2.75) is 10.6 Å². The van der Waals surface area contributed by atoms with Crippen molar-refractivity contribution in [3.63, 3.8) is 0 Å². The first-order chi connectivity index (χ1) is 11.4. The van der Waals surface area contributed by atoms with E-state index in [-0.39, 0.29) is 17.3 Å². The van der Waals surface area contributed by atoms with Crippen LogP contribution in [0.4, 0.5) is 4.39 Å². The predicted octanol–water partition coefficient (Wildman–Crippen LogP) is 3.65. The van der Waals surface area contributed by atoms with Crippen molar-refractivity contribution < 1.29 is 17.5 Å². The standard InChI is InChI=1S/C16H17FINO3S2/c1-22-16-7-6-13(10-15(16)18)24(20,21)19-8-9-23-11-12-4-2-3-5-14(12)17/h2-7,10,19H,8-9,11H2,1H3. The number of sulfonamides is 1. The Morgan fingerprint density at radius 3 is 2.67 bits per heavy atom. The zero-order valence-corrected chi connectivity index (χ0v) is 16.8. The lowest BCUT2D eigenvalue weighted by atomic mass is 10.2. The molecule has 2 aromatic carbocycles. The minimum Gasteiger partial charge on any atom is -0.496 e. The Morgan fingerprint density at radius 2 is 2.00 bits per heavy atom. The van der Waals surface area contributed by atoms with Crippen LogP contribution in [-0.2, 0) is 15.8 Å². The first kappa shape index (κ1) is 19.5. The SMILES string of the molecule is COc1ccc(S(=O)(=O)NCCSCc2ccccc2F)cc1I. The summed E-state index contributed by atoms with van der Waals surface area (Å²) >= 11 is 3.51. The minimum absolute atomic E-state index is 0.201. The molecule has 2 aromatic rings. The predicted molar refractivity (Wildman–Crippen MR) is 103 cm³/mol. The molecular formula is C16H17FINO3S2. The van der Waals surface area contributed by atoms with Crippen LogP contribution in [0.15, 0.2) is 47.4 Å². The Labute approximate surface area is 159 Å². The summed E-state index contributed by atoms with van der Waals surface area (Å²) in [5.74, 6) is 1.46. The second-order valence-corrected chi connectivity index (χ2v) is 8.87. The van der Waals surface area contributed by atoms with E-state index in [9.17, 15) is 12.8 Å². The van der Waals surface area contributed by atoms with Crippen molar-refractivity contribution in [2.24, 2.45) is 0 Å². The molecule has 0 aromatic heterocycles. The summed E-state index contributed by atoms with van der Waals surface area (Å²) in [5.41, 5.74) is 0.620. The molecule has 0 amide bonds. The third-order valence-electron chi connectivity index (χ3n) is 3.19. The summed E-state index contributed by atoms with van der Waals surface area (Å²) in [6.07, 6.45) is 0. The van der Waals surface area contributed by atoms with Crippen molar-refractivity contribution in [1.82, 2.24) is 4.72 Å². The fourth-order valence-corrected chi connectivity index (χ4v) is 4.92. The van der Waals surface area contributed by atoms with Gasteiger partial charge in [0.05, 0.1) is 15.6 Å². The maximum absolute atomic E-state index is 13.5. The first-order valence-corrected chi connectivity index (χ1v) is 10.8. The number of ether oxygens (including phenoxy) is 1. The summed E-state index contributed by atoms with van der Waals surface area (Å²) in [6.45, 7) is 0.282. The van der Waals surface area contributed by atoms with Crippen molar-refractivity contribution in [2.75, 3.05) is 19.4 Å². The van der Waals surface area contributed by atoms with Crippen LogP contribution in [0.5, 0.6) is 5.75 Å².